The van der Waals surface area contributed by atoms with E-state index in [1.165, 1.54) is 12.8 Å². The Bertz CT molecular complexity index is 614. The van der Waals surface area contributed by atoms with E-state index < -0.39 is 0 Å². The largest absolute Gasteiger partial charge is 0.466 e. The molecule has 206 valence electrons. The quantitative estimate of drug-likeness (QED) is 0.238. The first-order valence-electron chi connectivity index (χ1n) is 14.1. The second-order valence-electron chi connectivity index (χ2n) is 12.7. The van der Waals surface area contributed by atoms with Crippen molar-refractivity contribution in [2.45, 2.75) is 99.8 Å². The summed E-state index contributed by atoms with van der Waals surface area (Å²) in [5, 5.41) is 0. The summed E-state index contributed by atoms with van der Waals surface area (Å²) in [5.74, 6) is 1.17. The molecule has 1 heterocycles. The molecular weight excluding hydrogens is 440 g/mol. The van der Waals surface area contributed by atoms with Crippen LogP contribution in [0, 0.1) is 22.7 Å². The number of likely N-dealkylation sites (tertiary alicyclic amines) is 1. The Morgan fingerprint density at radius 1 is 1.00 bits per heavy atom. The predicted molar refractivity (Wildman–Crippen MR) is 144 cm³/mol. The highest BCUT2D eigenvalue weighted by Gasteiger charge is 2.26. The van der Waals surface area contributed by atoms with Crippen molar-refractivity contribution in [2.24, 2.45) is 22.7 Å². The van der Waals surface area contributed by atoms with Crippen molar-refractivity contribution in [3.63, 3.8) is 0 Å². The molecule has 1 rings (SSSR count). The fraction of sp³-hybridized carbons (Fsp3) is 0.931. The Kier molecular flexibility index (Phi) is 14.5. The fourth-order valence-corrected chi connectivity index (χ4v) is 4.45. The zero-order valence-electron chi connectivity index (χ0n) is 24.3. The van der Waals surface area contributed by atoms with E-state index in [0.717, 1.165) is 58.4 Å². The summed E-state index contributed by atoms with van der Waals surface area (Å²) in [7, 11) is 2.11. The molecule has 0 aromatic rings. The van der Waals surface area contributed by atoms with Crippen molar-refractivity contribution < 1.29 is 19.1 Å². The second kappa shape index (κ2) is 15.9. The summed E-state index contributed by atoms with van der Waals surface area (Å²) < 4.78 is 10.9. The first-order chi connectivity index (χ1) is 16.3. The maximum Gasteiger partial charge on any atom is 0.307 e. The minimum Gasteiger partial charge on any atom is -0.466 e. The van der Waals surface area contributed by atoms with Gasteiger partial charge in [-0.3, -0.25) is 9.59 Å². The molecule has 0 N–H and O–H groups in total. The number of hydrogen-bond donors (Lipinski definition) is 0. The summed E-state index contributed by atoms with van der Waals surface area (Å²) in [6.45, 7) is 21.1. The Labute approximate surface area is 216 Å². The Balaban J connectivity index is 2.23. The van der Waals surface area contributed by atoms with Crippen LogP contribution < -0.4 is 0 Å². The second-order valence-corrected chi connectivity index (χ2v) is 12.7. The van der Waals surface area contributed by atoms with Crippen molar-refractivity contribution in [1.29, 1.82) is 0 Å². The molecule has 0 amide bonds. The summed E-state index contributed by atoms with van der Waals surface area (Å²) >= 11 is 0. The normalized spacial score (nSPS) is 18.1. The van der Waals surface area contributed by atoms with Gasteiger partial charge in [-0.15, -0.1) is 0 Å². The highest BCUT2D eigenvalue weighted by atomic mass is 16.5. The van der Waals surface area contributed by atoms with Crippen LogP contribution >= 0.6 is 0 Å². The van der Waals surface area contributed by atoms with Gasteiger partial charge in [0.15, 0.2) is 0 Å². The van der Waals surface area contributed by atoms with Gasteiger partial charge in [0.05, 0.1) is 26.1 Å². The maximum atomic E-state index is 12.1. The summed E-state index contributed by atoms with van der Waals surface area (Å²) in [5.41, 5.74) is 0.429. The molecule has 6 nitrogen and oxygen atoms in total. The van der Waals surface area contributed by atoms with Gasteiger partial charge in [0.1, 0.15) is 0 Å². The molecule has 1 aliphatic rings. The molecule has 1 fully saturated rings. The van der Waals surface area contributed by atoms with Crippen LogP contribution in [0.3, 0.4) is 0 Å². The predicted octanol–water partition coefficient (Wildman–Crippen LogP) is 5.79. The SMILES string of the molecule is CCC(CC1CCN(CCC(=O)OCCC(C)(C)CC)C1)CN(C)CCC(=O)OCCC(C)(C)C. The zero-order valence-corrected chi connectivity index (χ0v) is 24.3. The van der Waals surface area contributed by atoms with Gasteiger partial charge < -0.3 is 19.3 Å². The topological polar surface area (TPSA) is 59.1 Å². The highest BCUT2D eigenvalue weighted by Crippen LogP contribution is 2.26. The molecule has 0 saturated carbocycles. The number of hydrogen-bond acceptors (Lipinski definition) is 6. The Morgan fingerprint density at radius 2 is 1.63 bits per heavy atom. The van der Waals surface area contributed by atoms with Crippen molar-refractivity contribution in [2.75, 3.05) is 53.0 Å². The van der Waals surface area contributed by atoms with E-state index in [1.54, 1.807) is 0 Å². The van der Waals surface area contributed by atoms with E-state index in [0.29, 0.717) is 37.9 Å². The molecule has 2 atom stereocenters. The van der Waals surface area contributed by atoms with E-state index in [-0.39, 0.29) is 22.8 Å². The van der Waals surface area contributed by atoms with Crippen molar-refractivity contribution in [1.82, 2.24) is 9.80 Å². The monoisotopic (exact) mass is 496 g/mol. The number of carbonyl (C=O) groups excluding carboxylic acids is 2. The molecule has 6 heteroatoms. The summed E-state index contributed by atoms with van der Waals surface area (Å²) in [4.78, 5) is 28.9. The lowest BCUT2D eigenvalue weighted by Gasteiger charge is -2.25. The lowest BCUT2D eigenvalue weighted by Crippen LogP contribution is -2.30. The molecule has 35 heavy (non-hydrogen) atoms. The standard InChI is InChI=1S/C29H56N2O4/c1-9-24(22-30(8)16-12-26(32)34-19-14-28(3,4)5)21-25-11-17-31(23-25)18-13-27(33)35-20-15-29(6,7)10-2/h24-25H,9-23H2,1-8H3. The lowest BCUT2D eigenvalue weighted by atomic mass is 9.87. The number of rotatable bonds is 17. The molecule has 0 bridgehead atoms. The molecule has 1 aliphatic heterocycles. The minimum absolute atomic E-state index is 0.0645. The van der Waals surface area contributed by atoms with Crippen LogP contribution in [0.2, 0.25) is 0 Å². The molecular formula is C29H56N2O4. The Hall–Kier alpha value is -1.14. The van der Waals surface area contributed by atoms with Crippen molar-refractivity contribution in [3.8, 4) is 0 Å². The third-order valence-corrected chi connectivity index (χ3v) is 7.63. The van der Waals surface area contributed by atoms with Crippen LogP contribution in [0.1, 0.15) is 99.8 Å². The van der Waals surface area contributed by atoms with Crippen LogP contribution in [-0.2, 0) is 19.1 Å². The van der Waals surface area contributed by atoms with Crippen molar-refractivity contribution in [3.05, 3.63) is 0 Å². The molecule has 0 aliphatic carbocycles. The van der Waals surface area contributed by atoms with Gasteiger partial charge >= 0.3 is 11.9 Å². The van der Waals surface area contributed by atoms with Crippen LogP contribution in [0.15, 0.2) is 0 Å². The van der Waals surface area contributed by atoms with E-state index in [2.05, 4.69) is 65.3 Å². The van der Waals surface area contributed by atoms with E-state index in [1.807, 2.05) is 0 Å². The number of esters is 2. The molecule has 0 aromatic heterocycles. The van der Waals surface area contributed by atoms with Crippen molar-refractivity contribution >= 4 is 11.9 Å². The minimum atomic E-state index is -0.0896. The lowest BCUT2D eigenvalue weighted by molar-refractivity contribution is -0.145. The number of carbonyl (C=O) groups is 2. The first kappa shape index (κ1) is 31.9. The van der Waals surface area contributed by atoms with Gasteiger partial charge in [-0.05, 0) is 61.9 Å². The van der Waals surface area contributed by atoms with Crippen LogP contribution in [0.5, 0.6) is 0 Å². The van der Waals surface area contributed by atoms with Crippen LogP contribution in [0.4, 0.5) is 0 Å². The van der Waals surface area contributed by atoms with Gasteiger partial charge in [0.25, 0.3) is 0 Å². The molecule has 0 aromatic carbocycles. The fourth-order valence-electron chi connectivity index (χ4n) is 4.45. The summed E-state index contributed by atoms with van der Waals surface area (Å²) in [6, 6.07) is 0. The summed E-state index contributed by atoms with van der Waals surface area (Å²) in [6.07, 6.45) is 7.43. The number of ether oxygens (including phenoxy) is 2. The molecule has 1 saturated heterocycles. The van der Waals surface area contributed by atoms with Gasteiger partial charge in [-0.2, -0.15) is 0 Å². The zero-order chi connectivity index (χ0) is 26.5. The Morgan fingerprint density at radius 3 is 2.23 bits per heavy atom. The highest BCUT2D eigenvalue weighted by molar-refractivity contribution is 5.69. The smallest absolute Gasteiger partial charge is 0.307 e. The van der Waals surface area contributed by atoms with Gasteiger partial charge in [0.2, 0.25) is 0 Å². The maximum absolute atomic E-state index is 12.1. The van der Waals surface area contributed by atoms with Crippen LogP contribution in [-0.4, -0.2) is 74.7 Å². The van der Waals surface area contributed by atoms with Gasteiger partial charge in [-0.1, -0.05) is 61.3 Å². The first-order valence-corrected chi connectivity index (χ1v) is 14.1. The van der Waals surface area contributed by atoms with Crippen LogP contribution in [0.25, 0.3) is 0 Å². The molecule has 0 spiro atoms. The van der Waals surface area contributed by atoms with Gasteiger partial charge in [0, 0.05) is 26.2 Å². The number of nitrogens with zero attached hydrogens (tertiary/aromatic N) is 2. The average molecular weight is 497 g/mol. The third-order valence-electron chi connectivity index (χ3n) is 7.63. The molecule has 0 radical (unpaired) electrons. The molecule has 2 unspecified atom stereocenters. The third kappa shape index (κ3) is 15.6. The average Bonchev–Trinajstić information content (AvgIpc) is 3.22. The van der Waals surface area contributed by atoms with E-state index >= 15 is 0 Å². The van der Waals surface area contributed by atoms with E-state index in [9.17, 15) is 9.59 Å². The van der Waals surface area contributed by atoms with Gasteiger partial charge in [-0.25, -0.2) is 0 Å². The van der Waals surface area contributed by atoms with E-state index in [4.69, 9.17) is 9.47 Å².